The zero-order chi connectivity index (χ0) is 26.2. The van der Waals surface area contributed by atoms with Crippen LogP contribution in [0.3, 0.4) is 0 Å². The van der Waals surface area contributed by atoms with E-state index in [0.717, 1.165) is 22.5 Å². The monoisotopic (exact) mass is 493 g/mol. The van der Waals surface area contributed by atoms with Crippen LogP contribution in [0.2, 0.25) is 0 Å². The van der Waals surface area contributed by atoms with Gasteiger partial charge in [-0.2, -0.15) is 5.10 Å². The van der Waals surface area contributed by atoms with Gasteiger partial charge in [0, 0.05) is 23.9 Å². The lowest BCUT2D eigenvalue weighted by Gasteiger charge is -2.16. The molecule has 3 rings (SSSR count). The third-order valence-corrected chi connectivity index (χ3v) is 5.70. The number of carbonyl (C=O) groups excluding carboxylic acids is 1. The van der Waals surface area contributed by atoms with E-state index < -0.39 is 0 Å². The van der Waals surface area contributed by atoms with Gasteiger partial charge in [0.05, 0.1) is 38.2 Å². The summed E-state index contributed by atoms with van der Waals surface area (Å²) in [6.07, 6.45) is 0. The van der Waals surface area contributed by atoms with Gasteiger partial charge in [0.2, 0.25) is 5.96 Å². The molecule has 0 saturated carbocycles. The van der Waals surface area contributed by atoms with E-state index in [1.807, 2.05) is 64.5 Å². The van der Waals surface area contributed by atoms with Crippen molar-refractivity contribution in [2.45, 2.75) is 41.2 Å². The van der Waals surface area contributed by atoms with E-state index in [1.165, 1.54) is 0 Å². The van der Waals surface area contributed by atoms with E-state index in [0.29, 0.717) is 54.2 Å². The van der Waals surface area contributed by atoms with Crippen LogP contribution in [0.5, 0.6) is 17.2 Å². The molecule has 0 unspecified atom stereocenters. The number of amides is 1. The summed E-state index contributed by atoms with van der Waals surface area (Å²) in [5.74, 6) is 1.70. The van der Waals surface area contributed by atoms with Gasteiger partial charge in [-0.1, -0.05) is 6.07 Å². The summed E-state index contributed by atoms with van der Waals surface area (Å²) in [6.45, 7) is 11.0. The maximum atomic E-state index is 13.3. The normalized spacial score (nSPS) is 11.2. The largest absolute Gasteiger partial charge is 0.495 e. The van der Waals surface area contributed by atoms with Crippen molar-refractivity contribution < 1.29 is 19.0 Å². The molecule has 2 aromatic carbocycles. The molecular formula is C27H35N5O4. The van der Waals surface area contributed by atoms with Crippen molar-refractivity contribution in [3.63, 3.8) is 0 Å². The lowest BCUT2D eigenvalue weighted by molar-refractivity contribution is 0.0976. The molecule has 1 amide bonds. The number of rotatable bonds is 9. The van der Waals surface area contributed by atoms with Gasteiger partial charge in [0.1, 0.15) is 5.75 Å². The zero-order valence-corrected chi connectivity index (χ0v) is 22.1. The van der Waals surface area contributed by atoms with Crippen molar-refractivity contribution in [1.82, 2.24) is 15.1 Å². The molecule has 0 saturated heterocycles. The van der Waals surface area contributed by atoms with E-state index in [4.69, 9.17) is 19.2 Å². The van der Waals surface area contributed by atoms with Crippen molar-refractivity contribution in [2.75, 3.05) is 25.6 Å². The van der Waals surface area contributed by atoms with Crippen molar-refractivity contribution in [3.8, 4) is 17.2 Å². The number of nitrogens with one attached hydrogen (secondary N) is 2. The Bertz CT molecular complexity index is 1250. The minimum absolute atomic E-state index is 0.290. The summed E-state index contributed by atoms with van der Waals surface area (Å²) in [5, 5.41) is 10.6. The Hall–Kier alpha value is -4.01. The number of carbonyl (C=O) groups is 1. The number of aryl methyl sites for hydroxylation is 3. The van der Waals surface area contributed by atoms with Crippen LogP contribution < -0.4 is 24.8 Å². The molecule has 3 aromatic rings. The Balaban J connectivity index is 1.94. The topological polar surface area (TPSA) is 99.0 Å². The minimum atomic E-state index is -0.337. The predicted molar refractivity (Wildman–Crippen MR) is 141 cm³/mol. The summed E-state index contributed by atoms with van der Waals surface area (Å²) in [6, 6.07) is 10.9. The van der Waals surface area contributed by atoms with Crippen LogP contribution in [0.1, 0.15) is 46.7 Å². The highest BCUT2D eigenvalue weighted by molar-refractivity contribution is 6.10. The number of methoxy groups -OCH3 is 1. The SMILES string of the molecule is CCOc1ccc(C(=O)NC(=NCc2c(C)nn(C)c2C)Nc2cc(C)ccc2OC)cc1OCC. The number of anilines is 1. The summed E-state index contributed by atoms with van der Waals surface area (Å²) in [4.78, 5) is 18.0. The second-order valence-electron chi connectivity index (χ2n) is 8.25. The Morgan fingerprint density at radius 1 is 1.00 bits per heavy atom. The highest BCUT2D eigenvalue weighted by Crippen LogP contribution is 2.29. The maximum Gasteiger partial charge on any atom is 0.258 e. The third-order valence-electron chi connectivity index (χ3n) is 5.70. The van der Waals surface area contributed by atoms with Crippen LogP contribution in [0.25, 0.3) is 0 Å². The van der Waals surface area contributed by atoms with E-state index in [9.17, 15) is 4.79 Å². The first-order valence-electron chi connectivity index (χ1n) is 11.9. The number of ether oxygens (including phenoxy) is 3. The molecular weight excluding hydrogens is 458 g/mol. The van der Waals surface area contributed by atoms with E-state index in [1.54, 1.807) is 25.3 Å². The molecule has 36 heavy (non-hydrogen) atoms. The van der Waals surface area contributed by atoms with Crippen molar-refractivity contribution >= 4 is 17.6 Å². The first kappa shape index (κ1) is 26.6. The molecule has 0 aliphatic carbocycles. The third kappa shape index (κ3) is 6.35. The lowest BCUT2D eigenvalue weighted by Crippen LogP contribution is -2.36. The van der Waals surface area contributed by atoms with Gasteiger partial charge < -0.3 is 19.5 Å². The Kier molecular flexibility index (Phi) is 8.94. The number of nitrogens with zero attached hydrogens (tertiary/aromatic N) is 3. The summed E-state index contributed by atoms with van der Waals surface area (Å²) in [5.41, 5.74) is 5.06. The smallest absolute Gasteiger partial charge is 0.258 e. The molecule has 0 aliphatic rings. The standard InChI is InChI=1S/C27H35N5O4/c1-8-35-24-13-11-20(15-25(24)36-9-2)26(33)30-27(28-16-21-18(4)31-32(6)19(21)5)29-22-14-17(3)10-12-23(22)34-7/h10-15H,8-9,16H2,1-7H3,(H2,28,29,30,33). The summed E-state index contributed by atoms with van der Waals surface area (Å²) < 4.78 is 18.6. The average molecular weight is 494 g/mol. The number of aromatic nitrogens is 2. The van der Waals surface area contributed by atoms with Gasteiger partial charge in [-0.25, -0.2) is 4.99 Å². The van der Waals surface area contributed by atoms with Crippen LogP contribution in [0, 0.1) is 20.8 Å². The summed E-state index contributed by atoms with van der Waals surface area (Å²) in [7, 11) is 3.50. The van der Waals surface area contributed by atoms with E-state index in [2.05, 4.69) is 15.7 Å². The zero-order valence-electron chi connectivity index (χ0n) is 22.1. The first-order chi connectivity index (χ1) is 17.3. The molecule has 0 atom stereocenters. The first-order valence-corrected chi connectivity index (χ1v) is 11.9. The molecule has 1 aromatic heterocycles. The second kappa shape index (κ2) is 12.1. The van der Waals surface area contributed by atoms with Crippen LogP contribution >= 0.6 is 0 Å². The lowest BCUT2D eigenvalue weighted by atomic mass is 10.2. The van der Waals surface area contributed by atoms with Gasteiger partial charge in [-0.15, -0.1) is 0 Å². The second-order valence-corrected chi connectivity index (χ2v) is 8.25. The van der Waals surface area contributed by atoms with Crippen LogP contribution in [0.15, 0.2) is 41.4 Å². The van der Waals surface area contributed by atoms with E-state index >= 15 is 0 Å². The molecule has 9 nitrogen and oxygen atoms in total. The van der Waals surface area contributed by atoms with Crippen LogP contribution in [0.4, 0.5) is 5.69 Å². The number of hydrogen-bond acceptors (Lipinski definition) is 6. The fraction of sp³-hybridized carbons (Fsp3) is 0.370. The molecule has 0 fully saturated rings. The van der Waals surface area contributed by atoms with Crippen molar-refractivity contribution in [1.29, 1.82) is 0 Å². The molecule has 192 valence electrons. The Labute approximate surface area is 212 Å². The molecule has 0 aliphatic heterocycles. The molecule has 9 heteroatoms. The van der Waals surface area contributed by atoms with Crippen LogP contribution in [-0.4, -0.2) is 42.0 Å². The van der Waals surface area contributed by atoms with Gasteiger partial charge in [0.25, 0.3) is 5.91 Å². The summed E-state index contributed by atoms with van der Waals surface area (Å²) >= 11 is 0. The number of guanidine groups is 1. The van der Waals surface area contributed by atoms with Crippen LogP contribution in [-0.2, 0) is 13.6 Å². The fourth-order valence-electron chi connectivity index (χ4n) is 3.73. The van der Waals surface area contributed by atoms with Gasteiger partial charge in [-0.05, 0) is 70.5 Å². The van der Waals surface area contributed by atoms with Gasteiger partial charge in [0.15, 0.2) is 11.5 Å². The van der Waals surface area contributed by atoms with Crippen molar-refractivity contribution in [3.05, 3.63) is 64.5 Å². The van der Waals surface area contributed by atoms with E-state index in [-0.39, 0.29) is 5.91 Å². The minimum Gasteiger partial charge on any atom is -0.495 e. The van der Waals surface area contributed by atoms with Crippen molar-refractivity contribution in [2.24, 2.45) is 12.0 Å². The predicted octanol–water partition coefficient (Wildman–Crippen LogP) is 4.55. The highest BCUT2D eigenvalue weighted by Gasteiger charge is 2.16. The number of hydrogen-bond donors (Lipinski definition) is 2. The maximum absolute atomic E-state index is 13.3. The molecule has 2 N–H and O–H groups in total. The molecule has 0 radical (unpaired) electrons. The number of aliphatic imine (C=N–C) groups is 1. The fourth-order valence-corrected chi connectivity index (χ4v) is 3.73. The average Bonchev–Trinajstić information content (AvgIpc) is 3.09. The Morgan fingerprint density at radius 2 is 1.69 bits per heavy atom. The Morgan fingerprint density at radius 3 is 2.33 bits per heavy atom. The molecule has 0 spiro atoms. The highest BCUT2D eigenvalue weighted by atomic mass is 16.5. The molecule has 0 bridgehead atoms. The quantitative estimate of drug-likeness (QED) is 0.335. The molecule has 1 heterocycles. The van der Waals surface area contributed by atoms with Gasteiger partial charge in [-0.3, -0.25) is 14.8 Å². The van der Waals surface area contributed by atoms with Gasteiger partial charge >= 0.3 is 0 Å². The number of benzene rings is 2.